The third-order valence-corrected chi connectivity index (χ3v) is 2.22. The molecule has 1 heterocycles. The predicted octanol–water partition coefficient (Wildman–Crippen LogP) is 1.93. The first-order valence-corrected chi connectivity index (χ1v) is 4.14. The molecule has 0 spiro atoms. The van der Waals surface area contributed by atoms with Crippen molar-refractivity contribution in [1.29, 1.82) is 0 Å². The van der Waals surface area contributed by atoms with E-state index in [1.165, 1.54) is 0 Å². The van der Waals surface area contributed by atoms with Gasteiger partial charge in [-0.3, -0.25) is 0 Å². The number of carbonyl (C=O) groups is 1. The summed E-state index contributed by atoms with van der Waals surface area (Å²) >= 11 is 0. The molecule has 1 unspecified atom stereocenters. The summed E-state index contributed by atoms with van der Waals surface area (Å²) in [7, 11) is 0. The van der Waals surface area contributed by atoms with Crippen molar-refractivity contribution in [2.75, 3.05) is 0 Å². The monoisotopic (exact) mass is 178 g/mol. The number of fused-ring (bicyclic) bond motifs is 1. The van der Waals surface area contributed by atoms with Gasteiger partial charge in [-0.1, -0.05) is 6.07 Å². The summed E-state index contributed by atoms with van der Waals surface area (Å²) in [6.45, 7) is 3.66. The van der Waals surface area contributed by atoms with E-state index < -0.39 is 5.97 Å². The van der Waals surface area contributed by atoms with Crippen LogP contribution in [0.5, 0.6) is 5.75 Å². The second kappa shape index (κ2) is 2.49. The number of esters is 1. The third-order valence-electron chi connectivity index (χ3n) is 2.22. The van der Waals surface area contributed by atoms with Gasteiger partial charge in [-0.15, -0.1) is 0 Å². The maximum atomic E-state index is 11.2. The first-order valence-electron chi connectivity index (χ1n) is 4.14. The number of rotatable bonds is 0. The fourth-order valence-corrected chi connectivity index (χ4v) is 1.62. The molecule has 0 bridgehead atoms. The van der Waals surface area contributed by atoms with Gasteiger partial charge in [-0.05, 0) is 25.5 Å². The summed E-state index contributed by atoms with van der Waals surface area (Å²) in [4.78, 5) is 11.2. The second-order valence-electron chi connectivity index (χ2n) is 3.30. The van der Waals surface area contributed by atoms with Crippen LogP contribution in [0, 0.1) is 6.92 Å². The summed E-state index contributed by atoms with van der Waals surface area (Å²) in [5.41, 5.74) is 2.03. The SMILES string of the molecule is Cc1cc(O)c2c(c1)C(C)OC2=O. The number of aromatic hydroxyl groups is 1. The van der Waals surface area contributed by atoms with Gasteiger partial charge in [-0.2, -0.15) is 0 Å². The lowest BCUT2D eigenvalue weighted by Crippen LogP contribution is -1.94. The van der Waals surface area contributed by atoms with E-state index in [0.717, 1.165) is 11.1 Å². The molecule has 1 aliphatic rings. The quantitative estimate of drug-likeness (QED) is 0.617. The molecular weight excluding hydrogens is 168 g/mol. The number of phenolic OH excluding ortho intramolecular Hbond substituents is 1. The fourth-order valence-electron chi connectivity index (χ4n) is 1.62. The van der Waals surface area contributed by atoms with Crippen molar-refractivity contribution in [2.45, 2.75) is 20.0 Å². The molecule has 1 aromatic carbocycles. The first-order chi connectivity index (χ1) is 6.09. The van der Waals surface area contributed by atoms with E-state index in [9.17, 15) is 9.90 Å². The summed E-state index contributed by atoms with van der Waals surface area (Å²) in [6, 6.07) is 3.43. The zero-order chi connectivity index (χ0) is 9.59. The Morgan fingerprint density at radius 3 is 2.85 bits per heavy atom. The van der Waals surface area contributed by atoms with E-state index in [4.69, 9.17) is 4.74 Å². The lowest BCUT2D eigenvalue weighted by atomic mass is 10.0. The largest absolute Gasteiger partial charge is 0.507 e. The highest BCUT2D eigenvalue weighted by Crippen LogP contribution is 2.36. The van der Waals surface area contributed by atoms with E-state index in [-0.39, 0.29) is 11.9 Å². The number of phenols is 1. The molecule has 3 heteroatoms. The van der Waals surface area contributed by atoms with Gasteiger partial charge in [0.2, 0.25) is 0 Å². The van der Waals surface area contributed by atoms with E-state index in [2.05, 4.69) is 0 Å². The summed E-state index contributed by atoms with van der Waals surface area (Å²) in [5.74, 6) is -0.413. The van der Waals surface area contributed by atoms with Crippen LogP contribution in [0.4, 0.5) is 0 Å². The molecule has 0 aliphatic carbocycles. The van der Waals surface area contributed by atoms with E-state index in [0.29, 0.717) is 5.56 Å². The van der Waals surface area contributed by atoms with Crippen molar-refractivity contribution >= 4 is 5.97 Å². The molecule has 13 heavy (non-hydrogen) atoms. The van der Waals surface area contributed by atoms with Gasteiger partial charge in [-0.25, -0.2) is 4.79 Å². The molecule has 1 aliphatic heterocycles. The van der Waals surface area contributed by atoms with Gasteiger partial charge in [0.15, 0.2) is 0 Å². The number of cyclic esters (lactones) is 1. The molecule has 68 valence electrons. The highest BCUT2D eigenvalue weighted by molar-refractivity contribution is 5.96. The molecule has 0 radical (unpaired) electrons. The standard InChI is InChI=1S/C10H10O3/c1-5-3-7-6(2)13-10(12)9(7)8(11)4-5/h3-4,6,11H,1-2H3. The molecule has 3 nitrogen and oxygen atoms in total. The molecule has 1 N–H and O–H groups in total. The van der Waals surface area contributed by atoms with Crippen molar-refractivity contribution in [3.8, 4) is 5.75 Å². The van der Waals surface area contributed by atoms with Crippen LogP contribution < -0.4 is 0 Å². The number of hydrogen-bond donors (Lipinski definition) is 1. The molecule has 0 fully saturated rings. The molecular formula is C10H10O3. The molecule has 0 amide bonds. The number of benzene rings is 1. The highest BCUT2D eigenvalue weighted by atomic mass is 16.5. The number of hydrogen-bond acceptors (Lipinski definition) is 3. The zero-order valence-corrected chi connectivity index (χ0v) is 7.50. The van der Waals surface area contributed by atoms with Crippen LogP contribution in [0.3, 0.4) is 0 Å². The Morgan fingerprint density at radius 1 is 1.46 bits per heavy atom. The topological polar surface area (TPSA) is 46.5 Å². The Labute approximate surface area is 76.0 Å². The normalized spacial score (nSPS) is 19.8. The Bertz CT molecular complexity index is 382. The van der Waals surface area contributed by atoms with Crippen LogP contribution in [-0.2, 0) is 4.74 Å². The maximum Gasteiger partial charge on any atom is 0.342 e. The van der Waals surface area contributed by atoms with Crippen molar-refractivity contribution in [3.63, 3.8) is 0 Å². The summed E-state index contributed by atoms with van der Waals surface area (Å²) in [5, 5.41) is 9.50. The molecule has 1 atom stereocenters. The van der Waals surface area contributed by atoms with Gasteiger partial charge in [0, 0.05) is 5.56 Å². The minimum atomic E-state index is -0.431. The highest BCUT2D eigenvalue weighted by Gasteiger charge is 2.30. The van der Waals surface area contributed by atoms with Crippen molar-refractivity contribution < 1.29 is 14.6 Å². The lowest BCUT2D eigenvalue weighted by molar-refractivity contribution is 0.0420. The Balaban J connectivity index is 2.69. The van der Waals surface area contributed by atoms with Crippen LogP contribution in [0.25, 0.3) is 0 Å². The third kappa shape index (κ3) is 1.08. The van der Waals surface area contributed by atoms with Gasteiger partial charge >= 0.3 is 5.97 Å². The van der Waals surface area contributed by atoms with Gasteiger partial charge in [0.25, 0.3) is 0 Å². The maximum absolute atomic E-state index is 11.2. The number of carbonyl (C=O) groups excluding carboxylic acids is 1. The van der Waals surface area contributed by atoms with E-state index in [1.807, 2.05) is 13.0 Å². The van der Waals surface area contributed by atoms with Crippen LogP contribution in [-0.4, -0.2) is 11.1 Å². The predicted molar refractivity (Wildman–Crippen MR) is 46.7 cm³/mol. The molecule has 1 aromatic rings. The lowest BCUT2D eigenvalue weighted by Gasteiger charge is -2.03. The number of ether oxygens (including phenoxy) is 1. The van der Waals surface area contributed by atoms with Crippen LogP contribution in [0.1, 0.15) is 34.5 Å². The Morgan fingerprint density at radius 2 is 2.15 bits per heavy atom. The minimum Gasteiger partial charge on any atom is -0.507 e. The van der Waals surface area contributed by atoms with Gasteiger partial charge in [0.05, 0.1) is 0 Å². The molecule has 0 saturated carbocycles. The van der Waals surface area contributed by atoms with Crippen molar-refractivity contribution in [1.82, 2.24) is 0 Å². The molecule has 0 saturated heterocycles. The van der Waals surface area contributed by atoms with Crippen LogP contribution >= 0.6 is 0 Å². The smallest absolute Gasteiger partial charge is 0.342 e. The van der Waals surface area contributed by atoms with Crippen LogP contribution in [0.2, 0.25) is 0 Å². The summed E-state index contributed by atoms with van der Waals surface area (Å²) in [6.07, 6.45) is -0.242. The van der Waals surface area contributed by atoms with E-state index >= 15 is 0 Å². The average Bonchev–Trinajstić information content (AvgIpc) is 2.27. The first kappa shape index (κ1) is 8.10. The minimum absolute atomic E-state index is 0.0179. The van der Waals surface area contributed by atoms with Gasteiger partial charge < -0.3 is 9.84 Å². The Hall–Kier alpha value is -1.51. The molecule has 2 rings (SSSR count). The zero-order valence-electron chi connectivity index (χ0n) is 7.50. The van der Waals surface area contributed by atoms with Crippen molar-refractivity contribution in [2.24, 2.45) is 0 Å². The summed E-state index contributed by atoms with van der Waals surface area (Å²) < 4.78 is 4.97. The van der Waals surface area contributed by atoms with E-state index in [1.54, 1.807) is 13.0 Å². The average molecular weight is 178 g/mol. The van der Waals surface area contributed by atoms with Gasteiger partial charge in [0.1, 0.15) is 17.4 Å². The fraction of sp³-hybridized carbons (Fsp3) is 0.300. The van der Waals surface area contributed by atoms with Crippen LogP contribution in [0.15, 0.2) is 12.1 Å². The Kier molecular flexibility index (Phi) is 1.55. The molecule has 0 aromatic heterocycles. The number of aryl methyl sites for hydroxylation is 1. The second-order valence-corrected chi connectivity index (χ2v) is 3.30. The van der Waals surface area contributed by atoms with Crippen molar-refractivity contribution in [3.05, 3.63) is 28.8 Å².